The Morgan fingerprint density at radius 1 is 1.28 bits per heavy atom. The number of amides is 1. The van der Waals surface area contributed by atoms with Gasteiger partial charge in [0.25, 0.3) is 0 Å². The van der Waals surface area contributed by atoms with Crippen LogP contribution in [0, 0.1) is 0 Å². The number of carbonyl (C=O) groups excluding carboxylic acids is 1. The smallest absolute Gasteiger partial charge is 0.229 e. The Balaban J connectivity index is 2.66. The number of nitrogens with two attached hydrogens (primary N) is 1. The van der Waals surface area contributed by atoms with E-state index < -0.39 is 0 Å². The zero-order chi connectivity index (χ0) is 13.4. The minimum atomic E-state index is 0.0893. The zero-order valence-electron chi connectivity index (χ0n) is 11.2. The molecule has 0 aromatic heterocycles. The van der Waals surface area contributed by atoms with Gasteiger partial charge in [0.2, 0.25) is 5.91 Å². The molecule has 2 N–H and O–H groups in total. The Hall–Kier alpha value is -1.39. The van der Waals surface area contributed by atoms with E-state index in [9.17, 15) is 4.79 Å². The van der Waals surface area contributed by atoms with E-state index in [4.69, 9.17) is 10.5 Å². The van der Waals surface area contributed by atoms with Crippen molar-refractivity contribution in [3.05, 3.63) is 29.8 Å². The van der Waals surface area contributed by atoms with E-state index in [0.717, 1.165) is 11.3 Å². The van der Waals surface area contributed by atoms with E-state index in [1.54, 1.807) is 4.90 Å². The van der Waals surface area contributed by atoms with Crippen LogP contribution in [0.4, 0.5) is 5.69 Å². The van der Waals surface area contributed by atoms with Crippen LogP contribution in [0.5, 0.6) is 0 Å². The van der Waals surface area contributed by atoms with E-state index in [1.807, 2.05) is 38.1 Å². The molecule has 0 radical (unpaired) electrons. The van der Waals surface area contributed by atoms with E-state index in [0.29, 0.717) is 32.7 Å². The molecule has 18 heavy (non-hydrogen) atoms. The van der Waals surface area contributed by atoms with Gasteiger partial charge >= 0.3 is 0 Å². The fourth-order valence-electron chi connectivity index (χ4n) is 1.75. The largest absolute Gasteiger partial charge is 0.381 e. The van der Waals surface area contributed by atoms with Gasteiger partial charge in [-0.05, 0) is 31.5 Å². The molecule has 1 aromatic rings. The third-order valence-corrected chi connectivity index (χ3v) is 2.77. The van der Waals surface area contributed by atoms with E-state index in [1.165, 1.54) is 0 Å². The molecule has 0 unspecified atom stereocenters. The van der Waals surface area contributed by atoms with E-state index >= 15 is 0 Å². The van der Waals surface area contributed by atoms with Gasteiger partial charge in [-0.1, -0.05) is 12.1 Å². The van der Waals surface area contributed by atoms with Gasteiger partial charge in [-0.2, -0.15) is 0 Å². The van der Waals surface area contributed by atoms with Crippen molar-refractivity contribution >= 4 is 11.6 Å². The molecular weight excluding hydrogens is 228 g/mol. The highest BCUT2D eigenvalue weighted by molar-refractivity contribution is 5.93. The van der Waals surface area contributed by atoms with Crippen LogP contribution in [0.2, 0.25) is 0 Å². The van der Waals surface area contributed by atoms with Crippen LogP contribution in [0.1, 0.15) is 25.8 Å². The van der Waals surface area contributed by atoms with Crippen molar-refractivity contribution < 1.29 is 9.53 Å². The average Bonchev–Trinajstić information content (AvgIpc) is 2.41. The molecule has 0 saturated heterocycles. The van der Waals surface area contributed by atoms with Gasteiger partial charge in [0.1, 0.15) is 0 Å². The first kappa shape index (κ1) is 14.7. The highest BCUT2D eigenvalue weighted by atomic mass is 16.5. The molecule has 0 atom stereocenters. The highest BCUT2D eigenvalue weighted by Crippen LogP contribution is 2.16. The minimum absolute atomic E-state index is 0.0893. The Kier molecular flexibility index (Phi) is 6.39. The quantitative estimate of drug-likeness (QED) is 0.752. The van der Waals surface area contributed by atoms with Crippen molar-refractivity contribution in [1.29, 1.82) is 0 Å². The van der Waals surface area contributed by atoms with Crippen LogP contribution in [0.15, 0.2) is 24.3 Å². The van der Waals surface area contributed by atoms with Gasteiger partial charge in [-0.15, -0.1) is 0 Å². The fraction of sp³-hybridized carbons (Fsp3) is 0.500. The van der Waals surface area contributed by atoms with Gasteiger partial charge in [0.05, 0.1) is 13.0 Å². The van der Waals surface area contributed by atoms with Crippen LogP contribution in [-0.4, -0.2) is 25.7 Å². The lowest BCUT2D eigenvalue weighted by atomic mass is 10.2. The molecule has 0 aliphatic rings. The number of rotatable bonds is 7. The molecule has 0 saturated carbocycles. The van der Waals surface area contributed by atoms with Gasteiger partial charge < -0.3 is 15.4 Å². The van der Waals surface area contributed by atoms with Crippen LogP contribution in [-0.2, 0) is 16.1 Å². The first-order chi connectivity index (χ1) is 8.72. The summed E-state index contributed by atoms with van der Waals surface area (Å²) in [6.45, 7) is 6.19. The summed E-state index contributed by atoms with van der Waals surface area (Å²) in [6.07, 6.45) is 0.417. The molecule has 1 aromatic carbocycles. The molecule has 1 rings (SSSR count). The average molecular weight is 250 g/mol. The molecule has 100 valence electrons. The maximum atomic E-state index is 12.0. The van der Waals surface area contributed by atoms with Crippen LogP contribution in [0.25, 0.3) is 0 Å². The van der Waals surface area contributed by atoms with Gasteiger partial charge in [-0.25, -0.2) is 0 Å². The lowest BCUT2D eigenvalue weighted by Crippen LogP contribution is -2.31. The molecule has 0 bridgehead atoms. The number of benzene rings is 1. The summed E-state index contributed by atoms with van der Waals surface area (Å²) in [5, 5.41) is 0. The Labute approximate surface area is 109 Å². The summed E-state index contributed by atoms with van der Waals surface area (Å²) in [4.78, 5) is 13.8. The summed E-state index contributed by atoms with van der Waals surface area (Å²) < 4.78 is 5.21. The molecule has 0 spiro atoms. The monoisotopic (exact) mass is 250 g/mol. The minimum Gasteiger partial charge on any atom is -0.381 e. The van der Waals surface area contributed by atoms with Gasteiger partial charge in [-0.3, -0.25) is 4.79 Å². The van der Waals surface area contributed by atoms with Gasteiger partial charge in [0.15, 0.2) is 0 Å². The Morgan fingerprint density at radius 2 is 1.94 bits per heavy atom. The topological polar surface area (TPSA) is 55.6 Å². The summed E-state index contributed by atoms with van der Waals surface area (Å²) >= 11 is 0. The number of hydrogen-bond donors (Lipinski definition) is 1. The van der Waals surface area contributed by atoms with Crippen molar-refractivity contribution in [1.82, 2.24) is 0 Å². The van der Waals surface area contributed by atoms with Crippen molar-refractivity contribution in [3.63, 3.8) is 0 Å². The van der Waals surface area contributed by atoms with Crippen molar-refractivity contribution in [2.24, 2.45) is 5.73 Å². The summed E-state index contributed by atoms with van der Waals surface area (Å²) in [5.74, 6) is 0.0893. The molecule has 1 amide bonds. The molecule has 4 heteroatoms. The summed E-state index contributed by atoms with van der Waals surface area (Å²) in [6, 6.07) is 7.77. The molecule has 0 fully saturated rings. The first-order valence-corrected chi connectivity index (χ1v) is 6.40. The Morgan fingerprint density at radius 3 is 2.44 bits per heavy atom. The second-order valence-corrected chi connectivity index (χ2v) is 3.96. The highest BCUT2D eigenvalue weighted by Gasteiger charge is 2.13. The molecular formula is C14H22N2O2. The second-order valence-electron chi connectivity index (χ2n) is 3.96. The predicted octanol–water partition coefficient (Wildman–Crippen LogP) is 1.92. The number of anilines is 1. The van der Waals surface area contributed by atoms with Crippen LogP contribution >= 0.6 is 0 Å². The van der Waals surface area contributed by atoms with Crippen molar-refractivity contribution in [3.8, 4) is 0 Å². The first-order valence-electron chi connectivity index (χ1n) is 6.40. The number of carbonyl (C=O) groups is 1. The molecule has 4 nitrogen and oxygen atoms in total. The number of ether oxygens (including phenoxy) is 1. The fourth-order valence-corrected chi connectivity index (χ4v) is 1.75. The van der Waals surface area contributed by atoms with Gasteiger partial charge in [0, 0.05) is 25.4 Å². The zero-order valence-corrected chi connectivity index (χ0v) is 11.2. The third-order valence-electron chi connectivity index (χ3n) is 2.77. The molecule has 0 aliphatic carbocycles. The Bertz CT molecular complexity index is 363. The van der Waals surface area contributed by atoms with Crippen LogP contribution in [0.3, 0.4) is 0 Å². The summed E-state index contributed by atoms with van der Waals surface area (Å²) in [7, 11) is 0. The van der Waals surface area contributed by atoms with Crippen molar-refractivity contribution in [2.45, 2.75) is 26.8 Å². The maximum Gasteiger partial charge on any atom is 0.229 e. The maximum absolute atomic E-state index is 12.0. The van der Waals surface area contributed by atoms with Crippen LogP contribution < -0.4 is 10.6 Å². The number of hydrogen-bond acceptors (Lipinski definition) is 3. The lowest BCUT2D eigenvalue weighted by molar-refractivity contribution is -0.119. The molecule has 0 aliphatic heterocycles. The third kappa shape index (κ3) is 4.13. The van der Waals surface area contributed by atoms with E-state index in [2.05, 4.69) is 0 Å². The standard InChI is InChI=1S/C14H22N2O2/c1-3-16(14(17)9-10-18-4-2)13-7-5-12(11-15)6-8-13/h5-8H,3-4,9-11,15H2,1-2H3. The van der Waals surface area contributed by atoms with Crippen molar-refractivity contribution in [2.75, 3.05) is 24.7 Å². The normalized spacial score (nSPS) is 10.4. The SMILES string of the molecule is CCOCCC(=O)N(CC)c1ccc(CN)cc1. The lowest BCUT2D eigenvalue weighted by Gasteiger charge is -2.21. The summed E-state index contributed by atoms with van der Waals surface area (Å²) in [5.41, 5.74) is 7.53. The van der Waals surface area contributed by atoms with E-state index in [-0.39, 0.29) is 5.91 Å². The molecule has 0 heterocycles. The predicted molar refractivity (Wildman–Crippen MR) is 73.5 cm³/mol. The number of nitrogens with zero attached hydrogens (tertiary/aromatic N) is 1. The second kappa shape index (κ2) is 7.84.